The van der Waals surface area contributed by atoms with Crippen LogP contribution in [0, 0.1) is 0 Å². The molecule has 0 atom stereocenters. The van der Waals surface area contributed by atoms with Crippen LogP contribution in [0.25, 0.3) is 11.1 Å². The number of ether oxygens (including phenoxy) is 2. The Morgan fingerprint density at radius 3 is 2.24 bits per heavy atom. The predicted molar refractivity (Wildman–Crippen MR) is 66.6 cm³/mol. The number of hydrogen-bond donors (Lipinski definition) is 1. The van der Waals surface area contributed by atoms with Gasteiger partial charge in [-0.05, 0) is 29.8 Å². The first-order chi connectivity index (χ1) is 8.24. The van der Waals surface area contributed by atoms with Crippen LogP contribution in [0.3, 0.4) is 0 Å². The minimum absolute atomic E-state index is 0.192. The van der Waals surface area contributed by atoms with Gasteiger partial charge in [-0.15, -0.1) is 0 Å². The maximum atomic E-state index is 9.92. The van der Waals surface area contributed by atoms with Gasteiger partial charge in [0, 0.05) is 11.6 Å². The Labute approximate surface area is 100 Å². The Morgan fingerprint density at radius 1 is 0.882 bits per heavy atom. The third-order valence-corrected chi connectivity index (χ3v) is 2.59. The third kappa shape index (κ3) is 2.33. The molecule has 0 unspecified atom stereocenters. The molecule has 1 N–H and O–H groups in total. The van der Waals surface area contributed by atoms with Crippen molar-refractivity contribution in [2.75, 3.05) is 14.2 Å². The van der Waals surface area contributed by atoms with E-state index in [-0.39, 0.29) is 5.75 Å². The molecule has 0 saturated carbocycles. The fraction of sp³-hybridized carbons (Fsp3) is 0.143. The molecule has 0 aliphatic carbocycles. The molecule has 0 spiro atoms. The summed E-state index contributed by atoms with van der Waals surface area (Å²) in [6, 6.07) is 12.8. The Kier molecular flexibility index (Phi) is 3.19. The Hall–Kier alpha value is -2.16. The van der Waals surface area contributed by atoms with Gasteiger partial charge < -0.3 is 14.6 Å². The molecular formula is C14H14O3. The van der Waals surface area contributed by atoms with Gasteiger partial charge in [-0.25, -0.2) is 0 Å². The predicted octanol–water partition coefficient (Wildman–Crippen LogP) is 3.08. The second-order valence-electron chi connectivity index (χ2n) is 3.62. The van der Waals surface area contributed by atoms with Crippen LogP contribution in [0.4, 0.5) is 0 Å². The van der Waals surface area contributed by atoms with Crippen molar-refractivity contribution in [1.82, 2.24) is 0 Å². The first-order valence-electron chi connectivity index (χ1n) is 5.26. The number of rotatable bonds is 3. The lowest BCUT2D eigenvalue weighted by Crippen LogP contribution is -1.86. The average Bonchev–Trinajstić information content (AvgIpc) is 2.38. The average molecular weight is 230 g/mol. The minimum atomic E-state index is 0.192. The molecule has 17 heavy (non-hydrogen) atoms. The smallest absolute Gasteiger partial charge is 0.127 e. The summed E-state index contributed by atoms with van der Waals surface area (Å²) in [6.45, 7) is 0. The van der Waals surface area contributed by atoms with Crippen LogP contribution >= 0.6 is 0 Å². The zero-order chi connectivity index (χ0) is 12.3. The standard InChI is InChI=1S/C14H14O3/c1-16-11-5-3-4-10(8-11)13-7-6-12(17-2)9-14(13)15/h3-9,15H,1-2H3. The largest absolute Gasteiger partial charge is 0.507 e. The fourth-order valence-electron chi connectivity index (χ4n) is 1.67. The molecule has 2 aromatic rings. The van der Waals surface area contributed by atoms with Crippen molar-refractivity contribution in [2.24, 2.45) is 0 Å². The first-order valence-corrected chi connectivity index (χ1v) is 5.26. The van der Waals surface area contributed by atoms with Gasteiger partial charge in [0.25, 0.3) is 0 Å². The van der Waals surface area contributed by atoms with Crippen LogP contribution in [0.15, 0.2) is 42.5 Å². The molecule has 0 saturated heterocycles. The maximum Gasteiger partial charge on any atom is 0.127 e. The number of hydrogen-bond acceptors (Lipinski definition) is 3. The van der Waals surface area contributed by atoms with Gasteiger partial charge >= 0.3 is 0 Å². The maximum absolute atomic E-state index is 9.92. The van der Waals surface area contributed by atoms with Crippen LogP contribution in [-0.2, 0) is 0 Å². The fourth-order valence-corrected chi connectivity index (χ4v) is 1.67. The van der Waals surface area contributed by atoms with E-state index in [1.165, 1.54) is 0 Å². The van der Waals surface area contributed by atoms with Crippen molar-refractivity contribution in [3.63, 3.8) is 0 Å². The van der Waals surface area contributed by atoms with E-state index < -0.39 is 0 Å². The molecule has 0 heterocycles. The normalized spacial score (nSPS) is 10.0. The summed E-state index contributed by atoms with van der Waals surface area (Å²) >= 11 is 0. The topological polar surface area (TPSA) is 38.7 Å². The highest BCUT2D eigenvalue weighted by Crippen LogP contribution is 2.33. The Bertz CT molecular complexity index is 521. The van der Waals surface area contributed by atoms with Crippen LogP contribution in [-0.4, -0.2) is 19.3 Å². The van der Waals surface area contributed by atoms with Crippen molar-refractivity contribution in [2.45, 2.75) is 0 Å². The number of phenolic OH excluding ortho intramolecular Hbond substituents is 1. The summed E-state index contributed by atoms with van der Waals surface area (Å²) in [7, 11) is 3.19. The molecule has 0 aliphatic rings. The van der Waals surface area contributed by atoms with E-state index in [1.54, 1.807) is 20.3 Å². The second kappa shape index (κ2) is 4.78. The highest BCUT2D eigenvalue weighted by Gasteiger charge is 2.06. The summed E-state index contributed by atoms with van der Waals surface area (Å²) in [4.78, 5) is 0. The van der Waals surface area contributed by atoms with Gasteiger partial charge in [0.2, 0.25) is 0 Å². The van der Waals surface area contributed by atoms with E-state index in [0.717, 1.165) is 16.9 Å². The monoisotopic (exact) mass is 230 g/mol. The van der Waals surface area contributed by atoms with Gasteiger partial charge in [0.15, 0.2) is 0 Å². The van der Waals surface area contributed by atoms with E-state index in [2.05, 4.69) is 0 Å². The van der Waals surface area contributed by atoms with E-state index >= 15 is 0 Å². The van der Waals surface area contributed by atoms with Crippen molar-refractivity contribution in [3.8, 4) is 28.4 Å². The van der Waals surface area contributed by atoms with Gasteiger partial charge in [0.05, 0.1) is 14.2 Å². The van der Waals surface area contributed by atoms with Gasteiger partial charge in [0.1, 0.15) is 17.2 Å². The van der Waals surface area contributed by atoms with Crippen LogP contribution < -0.4 is 9.47 Å². The van der Waals surface area contributed by atoms with E-state index in [4.69, 9.17) is 9.47 Å². The summed E-state index contributed by atoms with van der Waals surface area (Å²) in [6.07, 6.45) is 0. The molecule has 2 rings (SSSR count). The van der Waals surface area contributed by atoms with E-state index in [1.807, 2.05) is 36.4 Å². The molecule has 0 aliphatic heterocycles. The lowest BCUT2D eigenvalue weighted by Gasteiger charge is -2.08. The zero-order valence-electron chi connectivity index (χ0n) is 9.81. The van der Waals surface area contributed by atoms with Crippen LogP contribution in [0.1, 0.15) is 0 Å². The van der Waals surface area contributed by atoms with Crippen LogP contribution in [0.2, 0.25) is 0 Å². The van der Waals surface area contributed by atoms with Crippen molar-refractivity contribution < 1.29 is 14.6 Å². The van der Waals surface area contributed by atoms with Gasteiger partial charge in [-0.2, -0.15) is 0 Å². The quantitative estimate of drug-likeness (QED) is 0.880. The molecule has 3 nitrogen and oxygen atoms in total. The summed E-state index contributed by atoms with van der Waals surface area (Å²) < 4.78 is 10.2. The molecule has 0 amide bonds. The summed E-state index contributed by atoms with van der Waals surface area (Å²) in [5.74, 6) is 1.59. The van der Waals surface area contributed by atoms with Crippen molar-refractivity contribution in [3.05, 3.63) is 42.5 Å². The summed E-state index contributed by atoms with van der Waals surface area (Å²) in [5.41, 5.74) is 1.66. The number of methoxy groups -OCH3 is 2. The molecule has 88 valence electrons. The number of phenols is 1. The summed E-state index contributed by atoms with van der Waals surface area (Å²) in [5, 5.41) is 9.92. The van der Waals surface area contributed by atoms with Crippen molar-refractivity contribution >= 4 is 0 Å². The third-order valence-electron chi connectivity index (χ3n) is 2.59. The van der Waals surface area contributed by atoms with Crippen LogP contribution in [0.5, 0.6) is 17.2 Å². The molecule has 0 fully saturated rings. The number of aromatic hydroxyl groups is 1. The molecule has 0 aromatic heterocycles. The molecule has 0 bridgehead atoms. The number of benzene rings is 2. The minimum Gasteiger partial charge on any atom is -0.507 e. The van der Waals surface area contributed by atoms with E-state index in [9.17, 15) is 5.11 Å². The molecule has 2 aromatic carbocycles. The highest BCUT2D eigenvalue weighted by atomic mass is 16.5. The molecule has 3 heteroatoms. The van der Waals surface area contributed by atoms with Crippen molar-refractivity contribution in [1.29, 1.82) is 0 Å². The Morgan fingerprint density at radius 2 is 1.59 bits per heavy atom. The van der Waals surface area contributed by atoms with E-state index in [0.29, 0.717) is 5.75 Å². The Balaban J connectivity index is 2.45. The molecule has 0 radical (unpaired) electrons. The highest BCUT2D eigenvalue weighted by molar-refractivity contribution is 5.72. The lowest BCUT2D eigenvalue weighted by atomic mass is 10.0. The van der Waals surface area contributed by atoms with Gasteiger partial charge in [-0.3, -0.25) is 0 Å². The SMILES string of the molecule is COc1cccc(-c2ccc(OC)cc2O)c1. The lowest BCUT2D eigenvalue weighted by molar-refractivity contribution is 0.408. The zero-order valence-corrected chi connectivity index (χ0v) is 9.81. The first kappa shape index (κ1) is 11.3. The van der Waals surface area contributed by atoms with Gasteiger partial charge in [-0.1, -0.05) is 12.1 Å². The molecular weight excluding hydrogens is 216 g/mol. The second-order valence-corrected chi connectivity index (χ2v) is 3.62.